The van der Waals surface area contributed by atoms with Crippen LogP contribution in [0.25, 0.3) is 11.3 Å². The summed E-state index contributed by atoms with van der Waals surface area (Å²) in [4.78, 5) is 14.4. The molecule has 0 spiro atoms. The first-order chi connectivity index (χ1) is 12.1. The molecule has 1 saturated heterocycles. The first kappa shape index (κ1) is 18.0. The normalized spacial score (nSPS) is 18.2. The van der Waals surface area contributed by atoms with Gasteiger partial charge in [0.05, 0.1) is 6.54 Å². The van der Waals surface area contributed by atoms with E-state index in [1.54, 1.807) is 0 Å². The zero-order valence-corrected chi connectivity index (χ0v) is 15.3. The number of piperidine rings is 1. The number of nitrogens with one attached hydrogen (secondary N) is 1. The summed E-state index contributed by atoms with van der Waals surface area (Å²) in [6.07, 6.45) is 5.19. The fourth-order valence-corrected chi connectivity index (χ4v) is 3.36. The largest absolute Gasteiger partial charge is 0.356 e. The summed E-state index contributed by atoms with van der Waals surface area (Å²) in [5.74, 6) is 0.736. The van der Waals surface area contributed by atoms with E-state index in [0.29, 0.717) is 35.5 Å². The number of amides is 1. The standard InChI is InChI=1S/C19H24ClN3O2/c1-23-11-3-2-4-17(23)9-10-19(24)21-13-16-12-18(25-22-16)14-5-7-15(20)8-6-14/h5-8,12,17H,2-4,9-11,13H2,1H3,(H,21,24)/t17-/m1/s1. The Morgan fingerprint density at radius 2 is 2.16 bits per heavy atom. The zero-order valence-electron chi connectivity index (χ0n) is 14.5. The van der Waals surface area contributed by atoms with Crippen LogP contribution < -0.4 is 5.32 Å². The fraction of sp³-hybridized carbons (Fsp3) is 0.474. The second kappa shape index (κ2) is 8.50. The molecule has 134 valence electrons. The quantitative estimate of drug-likeness (QED) is 0.848. The van der Waals surface area contributed by atoms with Gasteiger partial charge in [0.2, 0.25) is 5.91 Å². The van der Waals surface area contributed by atoms with E-state index in [-0.39, 0.29) is 5.91 Å². The van der Waals surface area contributed by atoms with E-state index >= 15 is 0 Å². The molecule has 1 aliphatic rings. The van der Waals surface area contributed by atoms with Crippen molar-refractivity contribution < 1.29 is 9.32 Å². The number of halogens is 1. The first-order valence-corrected chi connectivity index (χ1v) is 9.18. The lowest BCUT2D eigenvalue weighted by molar-refractivity contribution is -0.121. The van der Waals surface area contributed by atoms with Crippen LogP contribution in [0.1, 0.15) is 37.8 Å². The average molecular weight is 362 g/mol. The molecule has 5 nitrogen and oxygen atoms in total. The van der Waals surface area contributed by atoms with Gasteiger partial charge in [-0.3, -0.25) is 4.79 Å². The number of benzene rings is 1. The van der Waals surface area contributed by atoms with Crippen LogP contribution in [0, 0.1) is 0 Å². The summed E-state index contributed by atoms with van der Waals surface area (Å²) in [6, 6.07) is 9.76. The van der Waals surface area contributed by atoms with Crippen molar-refractivity contribution in [2.45, 2.75) is 44.7 Å². The Kier molecular flexibility index (Phi) is 6.10. The highest BCUT2D eigenvalue weighted by molar-refractivity contribution is 6.30. The van der Waals surface area contributed by atoms with Crippen LogP contribution >= 0.6 is 11.6 Å². The molecule has 1 aliphatic heterocycles. The summed E-state index contributed by atoms with van der Waals surface area (Å²) in [5, 5.41) is 7.62. The molecule has 2 aromatic rings. The van der Waals surface area contributed by atoms with Gasteiger partial charge in [-0.25, -0.2) is 0 Å². The summed E-state index contributed by atoms with van der Waals surface area (Å²) in [6.45, 7) is 1.52. The Morgan fingerprint density at radius 3 is 2.92 bits per heavy atom. The van der Waals surface area contributed by atoms with Crippen LogP contribution in [-0.2, 0) is 11.3 Å². The topological polar surface area (TPSA) is 58.4 Å². The van der Waals surface area contributed by atoms with Crippen LogP contribution in [0.15, 0.2) is 34.9 Å². The molecule has 1 aromatic heterocycles. The lowest BCUT2D eigenvalue weighted by Gasteiger charge is -2.32. The number of hydrogen-bond acceptors (Lipinski definition) is 4. The third-order valence-corrected chi connectivity index (χ3v) is 5.03. The Labute approximate surface area is 153 Å². The highest BCUT2D eigenvalue weighted by Crippen LogP contribution is 2.22. The maximum atomic E-state index is 12.1. The molecule has 0 aliphatic carbocycles. The molecule has 6 heteroatoms. The molecule has 1 amide bonds. The molecule has 1 atom stereocenters. The van der Waals surface area contributed by atoms with Crippen LogP contribution in [0.4, 0.5) is 0 Å². The van der Waals surface area contributed by atoms with E-state index < -0.39 is 0 Å². The Bertz CT molecular complexity index is 699. The lowest BCUT2D eigenvalue weighted by atomic mass is 9.98. The molecule has 0 saturated carbocycles. The van der Waals surface area contributed by atoms with Gasteiger partial charge in [0.1, 0.15) is 5.69 Å². The number of hydrogen-bond donors (Lipinski definition) is 1. The van der Waals surface area contributed by atoms with E-state index in [1.807, 2.05) is 30.3 Å². The number of nitrogens with zero attached hydrogens (tertiary/aromatic N) is 2. The van der Waals surface area contributed by atoms with Gasteiger partial charge >= 0.3 is 0 Å². The summed E-state index contributed by atoms with van der Waals surface area (Å²) >= 11 is 5.89. The minimum absolute atomic E-state index is 0.0648. The van der Waals surface area contributed by atoms with Crippen molar-refractivity contribution in [2.24, 2.45) is 0 Å². The third-order valence-electron chi connectivity index (χ3n) is 4.78. The third kappa shape index (κ3) is 5.06. The zero-order chi connectivity index (χ0) is 17.6. The van der Waals surface area contributed by atoms with Crippen LogP contribution in [0.2, 0.25) is 5.02 Å². The summed E-state index contributed by atoms with van der Waals surface area (Å²) in [7, 11) is 2.15. The van der Waals surface area contributed by atoms with Crippen molar-refractivity contribution in [3.63, 3.8) is 0 Å². The number of likely N-dealkylation sites (tertiary alicyclic amines) is 1. The van der Waals surface area contributed by atoms with E-state index in [4.69, 9.17) is 16.1 Å². The molecule has 1 fully saturated rings. The van der Waals surface area contributed by atoms with Gasteiger partial charge in [0, 0.05) is 29.1 Å². The molecule has 0 unspecified atom stereocenters. The van der Waals surface area contributed by atoms with E-state index in [9.17, 15) is 4.79 Å². The molecule has 0 radical (unpaired) electrons. The van der Waals surface area contributed by atoms with Crippen molar-refractivity contribution >= 4 is 17.5 Å². The Balaban J connectivity index is 1.45. The van der Waals surface area contributed by atoms with Gasteiger partial charge in [-0.1, -0.05) is 23.2 Å². The molecular weight excluding hydrogens is 338 g/mol. The molecule has 1 aromatic carbocycles. The van der Waals surface area contributed by atoms with Gasteiger partial charge in [-0.15, -0.1) is 0 Å². The second-order valence-electron chi connectivity index (χ2n) is 6.64. The lowest BCUT2D eigenvalue weighted by Crippen LogP contribution is -2.37. The molecule has 1 N–H and O–H groups in total. The van der Waals surface area contributed by atoms with Crippen LogP contribution in [-0.4, -0.2) is 35.6 Å². The molecule has 25 heavy (non-hydrogen) atoms. The predicted octanol–water partition coefficient (Wildman–Crippen LogP) is 3.88. The SMILES string of the molecule is CN1CCCC[C@@H]1CCC(=O)NCc1cc(-c2ccc(Cl)cc2)on1. The first-order valence-electron chi connectivity index (χ1n) is 8.80. The predicted molar refractivity (Wildman–Crippen MR) is 98.3 cm³/mol. The maximum absolute atomic E-state index is 12.1. The van der Waals surface area contributed by atoms with E-state index in [2.05, 4.69) is 22.4 Å². The number of carbonyl (C=O) groups is 1. The van der Waals surface area contributed by atoms with Gasteiger partial charge < -0.3 is 14.7 Å². The fourth-order valence-electron chi connectivity index (χ4n) is 3.23. The molecule has 3 rings (SSSR count). The highest BCUT2D eigenvalue weighted by atomic mass is 35.5. The van der Waals surface area contributed by atoms with Crippen molar-refractivity contribution in [1.29, 1.82) is 0 Å². The maximum Gasteiger partial charge on any atom is 0.220 e. The molecule has 0 bridgehead atoms. The van der Waals surface area contributed by atoms with Gasteiger partial charge in [0.25, 0.3) is 0 Å². The summed E-state index contributed by atoms with van der Waals surface area (Å²) < 4.78 is 5.34. The Hall–Kier alpha value is -1.85. The average Bonchev–Trinajstić information content (AvgIpc) is 3.09. The van der Waals surface area contributed by atoms with E-state index in [1.165, 1.54) is 19.3 Å². The van der Waals surface area contributed by atoms with Gasteiger partial charge in [-0.2, -0.15) is 0 Å². The number of rotatable bonds is 6. The van der Waals surface area contributed by atoms with Crippen molar-refractivity contribution in [3.05, 3.63) is 41.0 Å². The van der Waals surface area contributed by atoms with Crippen molar-refractivity contribution in [1.82, 2.24) is 15.4 Å². The van der Waals surface area contributed by atoms with Gasteiger partial charge in [-0.05, 0) is 57.1 Å². The number of aromatic nitrogens is 1. The van der Waals surface area contributed by atoms with Crippen LogP contribution in [0.5, 0.6) is 0 Å². The smallest absolute Gasteiger partial charge is 0.220 e. The summed E-state index contributed by atoms with van der Waals surface area (Å²) in [5.41, 5.74) is 1.63. The second-order valence-corrected chi connectivity index (χ2v) is 7.07. The van der Waals surface area contributed by atoms with Crippen molar-refractivity contribution in [3.8, 4) is 11.3 Å². The monoisotopic (exact) mass is 361 g/mol. The van der Waals surface area contributed by atoms with Gasteiger partial charge in [0.15, 0.2) is 5.76 Å². The van der Waals surface area contributed by atoms with Crippen LogP contribution in [0.3, 0.4) is 0 Å². The van der Waals surface area contributed by atoms with E-state index in [0.717, 1.165) is 18.5 Å². The minimum atomic E-state index is 0.0648. The molecular formula is C19H24ClN3O2. The minimum Gasteiger partial charge on any atom is -0.356 e. The highest BCUT2D eigenvalue weighted by Gasteiger charge is 2.19. The van der Waals surface area contributed by atoms with Crippen molar-refractivity contribution in [2.75, 3.05) is 13.6 Å². The number of carbonyl (C=O) groups excluding carboxylic acids is 1. The Morgan fingerprint density at radius 1 is 1.36 bits per heavy atom. The molecule has 2 heterocycles.